The number of anilines is 2. The average Bonchev–Trinajstić information content (AvgIpc) is 2.23. The van der Waals surface area contributed by atoms with Crippen molar-refractivity contribution in [3.63, 3.8) is 0 Å². The lowest BCUT2D eigenvalue weighted by molar-refractivity contribution is 0.179. The second-order valence-corrected chi connectivity index (χ2v) is 4.75. The first-order valence-electron chi connectivity index (χ1n) is 5.99. The summed E-state index contributed by atoms with van der Waals surface area (Å²) in [5.41, 5.74) is 5.96. The zero-order chi connectivity index (χ0) is 12.3. The summed E-state index contributed by atoms with van der Waals surface area (Å²) in [4.78, 5) is 12.1. The van der Waals surface area contributed by atoms with E-state index >= 15 is 0 Å². The summed E-state index contributed by atoms with van der Waals surface area (Å²) in [6.07, 6.45) is 3.81. The highest BCUT2D eigenvalue weighted by Crippen LogP contribution is 2.39. The van der Waals surface area contributed by atoms with E-state index in [0.29, 0.717) is 18.0 Å². The molecule has 0 saturated heterocycles. The molecular formula is C11H19N5O. The van der Waals surface area contributed by atoms with Gasteiger partial charge in [0.2, 0.25) is 11.9 Å². The first kappa shape index (κ1) is 11.9. The molecule has 0 bridgehead atoms. The van der Waals surface area contributed by atoms with Crippen molar-refractivity contribution in [2.45, 2.75) is 33.1 Å². The largest absolute Gasteiger partial charge is 0.464 e. The van der Waals surface area contributed by atoms with Crippen molar-refractivity contribution in [1.29, 1.82) is 0 Å². The molecular weight excluding hydrogens is 218 g/mol. The highest BCUT2D eigenvalue weighted by molar-refractivity contribution is 5.32. The Labute approximate surface area is 101 Å². The van der Waals surface area contributed by atoms with Crippen LogP contribution in [0.25, 0.3) is 0 Å². The molecule has 0 aromatic carbocycles. The molecule has 1 fully saturated rings. The smallest absolute Gasteiger partial charge is 0.323 e. The Morgan fingerprint density at radius 3 is 2.71 bits per heavy atom. The quantitative estimate of drug-likeness (QED) is 0.806. The molecule has 6 heteroatoms. The number of nitrogens with zero attached hydrogens (tertiary/aromatic N) is 3. The Kier molecular flexibility index (Phi) is 3.31. The molecule has 1 heterocycles. The highest BCUT2D eigenvalue weighted by atomic mass is 16.5. The lowest BCUT2D eigenvalue weighted by Crippen LogP contribution is -2.33. The first-order chi connectivity index (χ1) is 8.11. The van der Waals surface area contributed by atoms with E-state index in [-0.39, 0.29) is 12.0 Å². The molecule has 0 spiro atoms. The molecule has 1 saturated carbocycles. The number of nitrogens with one attached hydrogen (secondary N) is 1. The lowest BCUT2D eigenvalue weighted by Gasteiger charge is -2.38. The normalized spacial score (nSPS) is 17.3. The van der Waals surface area contributed by atoms with Crippen LogP contribution in [0.15, 0.2) is 0 Å². The Hall–Kier alpha value is -1.59. The molecule has 94 valence electrons. The van der Waals surface area contributed by atoms with Crippen LogP contribution in [-0.2, 0) is 0 Å². The fraction of sp³-hybridized carbons (Fsp3) is 0.727. The van der Waals surface area contributed by atoms with Gasteiger partial charge in [-0.3, -0.25) is 0 Å². The topological polar surface area (TPSA) is 86.0 Å². The standard InChI is InChI=1S/C11H19N5O/c1-3-17-10-15-8(12)14-9(16-10)13-7-11(2)5-4-6-11/h3-7H2,1-2H3,(H3,12,13,14,15,16). The summed E-state index contributed by atoms with van der Waals surface area (Å²) >= 11 is 0. The molecule has 2 rings (SSSR count). The molecule has 3 N–H and O–H groups in total. The maximum Gasteiger partial charge on any atom is 0.323 e. The number of nitrogens with two attached hydrogens (primary N) is 1. The number of ether oxygens (including phenoxy) is 1. The monoisotopic (exact) mass is 237 g/mol. The van der Waals surface area contributed by atoms with Crippen LogP contribution >= 0.6 is 0 Å². The van der Waals surface area contributed by atoms with Crippen LogP contribution in [0.1, 0.15) is 33.1 Å². The van der Waals surface area contributed by atoms with E-state index in [0.717, 1.165) is 6.54 Å². The molecule has 0 radical (unpaired) electrons. The van der Waals surface area contributed by atoms with Crippen LogP contribution in [0.4, 0.5) is 11.9 Å². The van der Waals surface area contributed by atoms with Gasteiger partial charge in [0.1, 0.15) is 0 Å². The molecule has 17 heavy (non-hydrogen) atoms. The van der Waals surface area contributed by atoms with Gasteiger partial charge in [-0.2, -0.15) is 15.0 Å². The number of nitrogen functional groups attached to an aromatic ring is 1. The van der Waals surface area contributed by atoms with Gasteiger partial charge in [0.05, 0.1) is 6.61 Å². The second-order valence-electron chi connectivity index (χ2n) is 4.75. The van der Waals surface area contributed by atoms with Crippen molar-refractivity contribution < 1.29 is 4.74 Å². The van der Waals surface area contributed by atoms with Gasteiger partial charge in [0, 0.05) is 6.54 Å². The van der Waals surface area contributed by atoms with Gasteiger partial charge in [-0.05, 0) is 25.2 Å². The predicted octanol–water partition coefficient (Wildman–Crippen LogP) is 1.45. The van der Waals surface area contributed by atoms with Gasteiger partial charge in [-0.15, -0.1) is 0 Å². The summed E-state index contributed by atoms with van der Waals surface area (Å²) in [7, 11) is 0. The third kappa shape index (κ3) is 2.95. The number of hydrogen-bond acceptors (Lipinski definition) is 6. The van der Waals surface area contributed by atoms with Crippen LogP contribution in [0.3, 0.4) is 0 Å². The zero-order valence-electron chi connectivity index (χ0n) is 10.4. The van der Waals surface area contributed by atoms with Gasteiger partial charge in [0.15, 0.2) is 0 Å². The van der Waals surface area contributed by atoms with Crippen LogP contribution in [0.2, 0.25) is 0 Å². The van der Waals surface area contributed by atoms with Gasteiger partial charge in [-0.25, -0.2) is 0 Å². The molecule has 0 amide bonds. The third-order valence-corrected chi connectivity index (χ3v) is 3.14. The van der Waals surface area contributed by atoms with E-state index in [9.17, 15) is 0 Å². The number of rotatable bonds is 5. The minimum Gasteiger partial charge on any atom is -0.464 e. The van der Waals surface area contributed by atoms with E-state index in [2.05, 4.69) is 27.2 Å². The average molecular weight is 237 g/mol. The molecule has 1 aliphatic carbocycles. The van der Waals surface area contributed by atoms with Crippen molar-refractivity contribution in [3.8, 4) is 6.01 Å². The van der Waals surface area contributed by atoms with Crippen molar-refractivity contribution in [2.24, 2.45) is 5.41 Å². The Morgan fingerprint density at radius 2 is 2.12 bits per heavy atom. The third-order valence-electron chi connectivity index (χ3n) is 3.14. The second kappa shape index (κ2) is 4.73. The van der Waals surface area contributed by atoms with E-state index in [1.807, 2.05) is 6.92 Å². The van der Waals surface area contributed by atoms with Crippen molar-refractivity contribution in [3.05, 3.63) is 0 Å². The van der Waals surface area contributed by atoms with Crippen LogP contribution in [0.5, 0.6) is 6.01 Å². The van der Waals surface area contributed by atoms with Crippen LogP contribution in [0, 0.1) is 5.41 Å². The number of hydrogen-bond donors (Lipinski definition) is 2. The van der Waals surface area contributed by atoms with Crippen molar-refractivity contribution in [1.82, 2.24) is 15.0 Å². The lowest BCUT2D eigenvalue weighted by atomic mass is 9.70. The molecule has 0 aliphatic heterocycles. The van der Waals surface area contributed by atoms with E-state index in [1.54, 1.807) is 0 Å². The fourth-order valence-corrected chi connectivity index (χ4v) is 1.89. The Morgan fingerprint density at radius 1 is 1.35 bits per heavy atom. The SMILES string of the molecule is CCOc1nc(N)nc(NCC2(C)CCC2)n1. The van der Waals surface area contributed by atoms with Crippen molar-refractivity contribution >= 4 is 11.9 Å². The summed E-state index contributed by atoms with van der Waals surface area (Å²) in [5.74, 6) is 0.679. The summed E-state index contributed by atoms with van der Waals surface area (Å²) in [5, 5.41) is 3.20. The minimum absolute atomic E-state index is 0.185. The minimum atomic E-state index is 0.185. The van der Waals surface area contributed by atoms with Gasteiger partial charge < -0.3 is 15.8 Å². The van der Waals surface area contributed by atoms with E-state index < -0.39 is 0 Å². The Balaban J connectivity index is 1.99. The maximum atomic E-state index is 5.59. The van der Waals surface area contributed by atoms with E-state index in [4.69, 9.17) is 10.5 Å². The zero-order valence-corrected chi connectivity index (χ0v) is 10.4. The van der Waals surface area contributed by atoms with Gasteiger partial charge in [0.25, 0.3) is 0 Å². The van der Waals surface area contributed by atoms with Gasteiger partial charge in [-0.1, -0.05) is 13.3 Å². The maximum absolute atomic E-state index is 5.59. The molecule has 0 unspecified atom stereocenters. The number of aromatic nitrogens is 3. The molecule has 0 atom stereocenters. The summed E-state index contributed by atoms with van der Waals surface area (Å²) in [6.45, 7) is 5.52. The Bertz CT molecular complexity index is 391. The summed E-state index contributed by atoms with van der Waals surface area (Å²) < 4.78 is 5.22. The highest BCUT2D eigenvalue weighted by Gasteiger charge is 2.31. The fourth-order valence-electron chi connectivity index (χ4n) is 1.89. The van der Waals surface area contributed by atoms with E-state index in [1.165, 1.54) is 19.3 Å². The van der Waals surface area contributed by atoms with Gasteiger partial charge >= 0.3 is 6.01 Å². The van der Waals surface area contributed by atoms with Crippen LogP contribution in [-0.4, -0.2) is 28.1 Å². The molecule has 1 aromatic rings. The summed E-state index contributed by atoms with van der Waals surface area (Å²) in [6, 6.07) is 0.279. The molecule has 1 aliphatic rings. The predicted molar refractivity (Wildman–Crippen MR) is 65.9 cm³/mol. The van der Waals surface area contributed by atoms with Crippen molar-refractivity contribution in [2.75, 3.05) is 24.2 Å². The first-order valence-corrected chi connectivity index (χ1v) is 5.99. The molecule has 1 aromatic heterocycles. The van der Waals surface area contributed by atoms with Crippen LogP contribution < -0.4 is 15.8 Å². The molecule has 6 nitrogen and oxygen atoms in total.